The molecule has 0 unspecified atom stereocenters. The van der Waals surface area contributed by atoms with Gasteiger partial charge >= 0.3 is 0 Å². The number of aromatic nitrogens is 2. The van der Waals surface area contributed by atoms with Gasteiger partial charge in [-0.1, -0.05) is 18.2 Å². The molecule has 2 aromatic heterocycles. The first-order valence-corrected chi connectivity index (χ1v) is 7.24. The van der Waals surface area contributed by atoms with Gasteiger partial charge in [0.15, 0.2) is 0 Å². The van der Waals surface area contributed by atoms with E-state index in [2.05, 4.69) is 63.5 Å². The van der Waals surface area contributed by atoms with Gasteiger partial charge in [0.05, 0.1) is 17.4 Å². The number of hydrogen-bond acceptors (Lipinski definition) is 2. The molecule has 106 valence electrons. The molecule has 4 aromatic rings. The van der Waals surface area contributed by atoms with Crippen LogP contribution in [-0.4, -0.2) is 9.55 Å². The lowest BCUT2D eigenvalue weighted by molar-refractivity contribution is 1.10. The first kappa shape index (κ1) is 12.7. The third-order valence-corrected chi connectivity index (χ3v) is 3.68. The van der Waals surface area contributed by atoms with Crippen LogP contribution in [-0.2, 0) is 0 Å². The van der Waals surface area contributed by atoms with Crippen LogP contribution in [0.25, 0.3) is 16.6 Å². The summed E-state index contributed by atoms with van der Waals surface area (Å²) in [6.07, 6.45) is 5.74. The third-order valence-electron chi connectivity index (χ3n) is 3.68. The Bertz CT molecular complexity index is 896. The highest BCUT2D eigenvalue weighted by molar-refractivity contribution is 5.86. The van der Waals surface area contributed by atoms with E-state index in [1.54, 1.807) is 6.20 Å². The molecule has 3 heteroatoms. The summed E-state index contributed by atoms with van der Waals surface area (Å²) in [7, 11) is 0. The molecule has 0 aliphatic carbocycles. The summed E-state index contributed by atoms with van der Waals surface area (Å²) in [6.45, 7) is 0. The van der Waals surface area contributed by atoms with E-state index in [1.165, 1.54) is 10.9 Å². The van der Waals surface area contributed by atoms with Crippen molar-refractivity contribution in [1.82, 2.24) is 9.55 Å². The molecule has 0 fully saturated rings. The van der Waals surface area contributed by atoms with Crippen LogP contribution < -0.4 is 5.32 Å². The second-order valence-electron chi connectivity index (χ2n) is 5.16. The highest BCUT2D eigenvalue weighted by Gasteiger charge is 2.04. The average molecular weight is 285 g/mol. The molecule has 0 aliphatic heterocycles. The van der Waals surface area contributed by atoms with Gasteiger partial charge in [0, 0.05) is 29.2 Å². The molecule has 0 saturated heterocycles. The maximum absolute atomic E-state index is 4.19. The Labute approximate surface area is 128 Å². The molecule has 0 radical (unpaired) electrons. The summed E-state index contributed by atoms with van der Waals surface area (Å²) in [5.74, 6) is 0. The molecule has 2 heterocycles. The Hall–Kier alpha value is -3.07. The summed E-state index contributed by atoms with van der Waals surface area (Å²) in [5, 5.41) is 4.62. The number of hydrogen-bond donors (Lipinski definition) is 1. The quantitative estimate of drug-likeness (QED) is 0.587. The fourth-order valence-corrected chi connectivity index (χ4v) is 2.63. The summed E-state index contributed by atoms with van der Waals surface area (Å²) in [5.41, 5.74) is 4.42. The minimum absolute atomic E-state index is 1.07. The fraction of sp³-hybridized carbons (Fsp3) is 0. The van der Waals surface area contributed by atoms with E-state index in [0.717, 1.165) is 17.1 Å². The van der Waals surface area contributed by atoms with Gasteiger partial charge < -0.3 is 9.88 Å². The van der Waals surface area contributed by atoms with Crippen LogP contribution in [0, 0.1) is 0 Å². The highest BCUT2D eigenvalue weighted by atomic mass is 15.0. The second-order valence-corrected chi connectivity index (χ2v) is 5.16. The zero-order chi connectivity index (χ0) is 14.8. The first-order chi connectivity index (χ1) is 10.9. The number of fused-ring (bicyclic) bond motifs is 1. The van der Waals surface area contributed by atoms with E-state index in [9.17, 15) is 0 Å². The first-order valence-electron chi connectivity index (χ1n) is 7.24. The smallest absolute Gasteiger partial charge is 0.0639 e. The van der Waals surface area contributed by atoms with Gasteiger partial charge in [0.25, 0.3) is 0 Å². The number of pyridine rings is 1. The highest BCUT2D eigenvalue weighted by Crippen LogP contribution is 2.25. The van der Waals surface area contributed by atoms with Gasteiger partial charge in [-0.3, -0.25) is 4.98 Å². The third kappa shape index (κ3) is 2.33. The van der Waals surface area contributed by atoms with Gasteiger partial charge in [-0.15, -0.1) is 0 Å². The van der Waals surface area contributed by atoms with Crippen LogP contribution in [0.5, 0.6) is 0 Å². The van der Waals surface area contributed by atoms with E-state index in [0.29, 0.717) is 0 Å². The largest absolute Gasteiger partial charge is 0.356 e. The summed E-state index contributed by atoms with van der Waals surface area (Å²) < 4.78 is 2.15. The van der Waals surface area contributed by atoms with Crippen molar-refractivity contribution in [3.63, 3.8) is 0 Å². The van der Waals surface area contributed by atoms with E-state index < -0.39 is 0 Å². The fourth-order valence-electron chi connectivity index (χ4n) is 2.63. The van der Waals surface area contributed by atoms with Crippen molar-refractivity contribution in [1.29, 1.82) is 0 Å². The Balaban J connectivity index is 1.71. The number of anilines is 2. The van der Waals surface area contributed by atoms with Crippen molar-refractivity contribution in [3.8, 4) is 5.69 Å². The molecule has 4 rings (SSSR count). The summed E-state index contributed by atoms with van der Waals surface area (Å²) in [6, 6.07) is 22.7. The molecule has 0 atom stereocenters. The molecule has 0 saturated carbocycles. The van der Waals surface area contributed by atoms with Crippen LogP contribution in [0.15, 0.2) is 85.3 Å². The van der Waals surface area contributed by atoms with Crippen molar-refractivity contribution in [2.24, 2.45) is 0 Å². The predicted octanol–water partition coefficient (Wildman–Crippen LogP) is 4.77. The Morgan fingerprint density at radius 1 is 0.818 bits per heavy atom. The molecule has 0 amide bonds. The number of nitrogens with zero attached hydrogens (tertiary/aromatic N) is 2. The van der Waals surface area contributed by atoms with Crippen LogP contribution in [0.1, 0.15) is 0 Å². The standard InChI is InChI=1S/C19H15N3/c1-2-5-16(6-3-1)21-17-8-9-19-15(13-17)10-12-22(19)18-7-4-11-20-14-18/h1-14,21H. The molecular formula is C19H15N3. The van der Waals surface area contributed by atoms with Gasteiger partial charge in [0.1, 0.15) is 0 Å². The van der Waals surface area contributed by atoms with Crippen LogP contribution in [0.3, 0.4) is 0 Å². The van der Waals surface area contributed by atoms with E-state index in [4.69, 9.17) is 0 Å². The molecule has 0 aliphatic rings. The zero-order valence-corrected chi connectivity index (χ0v) is 12.0. The lowest BCUT2D eigenvalue weighted by Gasteiger charge is -2.08. The van der Waals surface area contributed by atoms with Crippen LogP contribution >= 0.6 is 0 Å². The SMILES string of the molecule is c1ccc(Nc2ccc3c(ccn3-c3cccnc3)c2)cc1. The lowest BCUT2D eigenvalue weighted by Crippen LogP contribution is -1.93. The van der Waals surface area contributed by atoms with Crippen LogP contribution in [0.4, 0.5) is 11.4 Å². The average Bonchev–Trinajstić information content (AvgIpc) is 3.00. The molecule has 0 bridgehead atoms. The predicted molar refractivity (Wildman–Crippen MR) is 90.8 cm³/mol. The molecule has 22 heavy (non-hydrogen) atoms. The van der Waals surface area contributed by atoms with Crippen molar-refractivity contribution in [3.05, 3.63) is 85.3 Å². The number of nitrogens with one attached hydrogen (secondary N) is 1. The van der Waals surface area contributed by atoms with Gasteiger partial charge in [-0.05, 0) is 48.5 Å². The van der Waals surface area contributed by atoms with Gasteiger partial charge in [-0.2, -0.15) is 0 Å². The van der Waals surface area contributed by atoms with Gasteiger partial charge in [-0.25, -0.2) is 0 Å². The van der Waals surface area contributed by atoms with Crippen molar-refractivity contribution in [2.75, 3.05) is 5.32 Å². The Morgan fingerprint density at radius 2 is 1.73 bits per heavy atom. The van der Waals surface area contributed by atoms with Gasteiger partial charge in [0.2, 0.25) is 0 Å². The Kier molecular flexibility index (Phi) is 3.09. The Morgan fingerprint density at radius 3 is 2.55 bits per heavy atom. The topological polar surface area (TPSA) is 29.9 Å². The van der Waals surface area contributed by atoms with E-state index in [1.807, 2.05) is 30.5 Å². The minimum atomic E-state index is 1.07. The van der Waals surface area contributed by atoms with Crippen LogP contribution in [0.2, 0.25) is 0 Å². The summed E-state index contributed by atoms with van der Waals surface area (Å²) in [4.78, 5) is 4.19. The van der Waals surface area contributed by atoms with Crippen molar-refractivity contribution >= 4 is 22.3 Å². The van der Waals surface area contributed by atoms with Crippen molar-refractivity contribution in [2.45, 2.75) is 0 Å². The summed E-state index contributed by atoms with van der Waals surface area (Å²) >= 11 is 0. The van der Waals surface area contributed by atoms with E-state index >= 15 is 0 Å². The van der Waals surface area contributed by atoms with E-state index in [-0.39, 0.29) is 0 Å². The molecule has 3 nitrogen and oxygen atoms in total. The zero-order valence-electron chi connectivity index (χ0n) is 12.0. The number of para-hydroxylation sites is 1. The molecule has 2 aromatic carbocycles. The lowest BCUT2D eigenvalue weighted by atomic mass is 10.2. The normalized spacial score (nSPS) is 10.7. The molecule has 1 N–H and O–H groups in total. The maximum Gasteiger partial charge on any atom is 0.0639 e. The monoisotopic (exact) mass is 285 g/mol. The maximum atomic E-state index is 4.19. The molecular weight excluding hydrogens is 270 g/mol. The number of rotatable bonds is 3. The molecule has 0 spiro atoms. The van der Waals surface area contributed by atoms with Crippen molar-refractivity contribution < 1.29 is 0 Å². The minimum Gasteiger partial charge on any atom is -0.356 e. The second kappa shape index (κ2) is 5.37. The number of benzene rings is 2.